The summed E-state index contributed by atoms with van der Waals surface area (Å²) in [5.74, 6) is -0.267. The molecular formula is C10H12N6O3. The van der Waals surface area contributed by atoms with E-state index in [2.05, 4.69) is 15.0 Å². The molecule has 100 valence electrons. The van der Waals surface area contributed by atoms with E-state index in [4.69, 9.17) is 16.2 Å². The van der Waals surface area contributed by atoms with Crippen LogP contribution in [0, 0.1) is 0 Å². The zero-order chi connectivity index (χ0) is 13.6. The molecule has 1 aliphatic rings. The van der Waals surface area contributed by atoms with Crippen LogP contribution in [0.4, 0.5) is 5.82 Å². The van der Waals surface area contributed by atoms with Gasteiger partial charge in [-0.1, -0.05) is 0 Å². The Kier molecular flexibility index (Phi) is 2.66. The predicted octanol–water partition coefficient (Wildman–Crippen LogP) is -1.81. The van der Waals surface area contributed by atoms with Gasteiger partial charge in [-0.3, -0.25) is 9.36 Å². The molecule has 1 fully saturated rings. The minimum atomic E-state index is -1.24. The van der Waals surface area contributed by atoms with Crippen LogP contribution in [0.1, 0.15) is 6.23 Å². The predicted molar refractivity (Wildman–Crippen MR) is 63.7 cm³/mol. The van der Waals surface area contributed by atoms with Crippen molar-refractivity contribution in [3.8, 4) is 0 Å². The third kappa shape index (κ3) is 1.67. The van der Waals surface area contributed by atoms with E-state index in [9.17, 15) is 9.90 Å². The normalized spacial score (nSPS) is 27.3. The molecule has 0 saturated carbocycles. The maximum atomic E-state index is 11.9. The second-order valence-corrected chi connectivity index (χ2v) is 4.19. The fourth-order valence-electron chi connectivity index (χ4n) is 2.07. The Labute approximate surface area is 107 Å². The highest BCUT2D eigenvalue weighted by Crippen LogP contribution is 2.28. The van der Waals surface area contributed by atoms with Gasteiger partial charge < -0.3 is 21.3 Å². The highest BCUT2D eigenvalue weighted by Gasteiger charge is 2.43. The molecule has 0 aliphatic carbocycles. The Balaban J connectivity index is 2.06. The number of ether oxygens (including phenoxy) is 1. The van der Waals surface area contributed by atoms with E-state index in [1.807, 2.05) is 0 Å². The Morgan fingerprint density at radius 1 is 1.42 bits per heavy atom. The van der Waals surface area contributed by atoms with Crippen molar-refractivity contribution in [3.63, 3.8) is 0 Å². The number of hydrogen-bond acceptors (Lipinski definition) is 8. The summed E-state index contributed by atoms with van der Waals surface area (Å²) in [6.07, 6.45) is -0.320. The van der Waals surface area contributed by atoms with Crippen LogP contribution >= 0.6 is 0 Å². The van der Waals surface area contributed by atoms with Crippen LogP contribution in [0.2, 0.25) is 0 Å². The van der Waals surface area contributed by atoms with E-state index in [1.165, 1.54) is 17.2 Å². The van der Waals surface area contributed by atoms with Crippen molar-refractivity contribution < 1.29 is 14.6 Å². The van der Waals surface area contributed by atoms with E-state index >= 15 is 0 Å². The number of rotatable bonds is 2. The van der Waals surface area contributed by atoms with Crippen molar-refractivity contribution in [3.05, 3.63) is 12.7 Å². The van der Waals surface area contributed by atoms with Gasteiger partial charge in [0.25, 0.3) is 0 Å². The number of ketones is 1. The lowest BCUT2D eigenvalue weighted by Crippen LogP contribution is -2.32. The summed E-state index contributed by atoms with van der Waals surface area (Å²) in [4.78, 5) is 23.8. The zero-order valence-corrected chi connectivity index (χ0v) is 9.80. The average molecular weight is 264 g/mol. The number of nitrogens with zero attached hydrogens (tertiary/aromatic N) is 4. The molecule has 0 amide bonds. The first-order valence-corrected chi connectivity index (χ1v) is 5.64. The van der Waals surface area contributed by atoms with Crippen LogP contribution in [0.3, 0.4) is 0 Å². The average Bonchev–Trinajstić information content (AvgIpc) is 2.94. The summed E-state index contributed by atoms with van der Waals surface area (Å²) in [5, 5.41) is 9.71. The maximum absolute atomic E-state index is 11.9. The summed E-state index contributed by atoms with van der Waals surface area (Å²) in [6, 6.07) is 0. The Morgan fingerprint density at radius 2 is 2.21 bits per heavy atom. The van der Waals surface area contributed by atoms with Crippen LogP contribution < -0.4 is 11.5 Å². The number of aliphatic hydroxyl groups excluding tert-OH is 1. The van der Waals surface area contributed by atoms with Crippen molar-refractivity contribution in [2.45, 2.75) is 18.4 Å². The van der Waals surface area contributed by atoms with Crippen molar-refractivity contribution >= 4 is 22.8 Å². The minimum absolute atomic E-state index is 0.0488. The van der Waals surface area contributed by atoms with Gasteiger partial charge in [0.2, 0.25) is 5.78 Å². The van der Waals surface area contributed by atoms with Crippen molar-refractivity contribution in [2.75, 3.05) is 12.3 Å². The molecule has 9 heteroatoms. The summed E-state index contributed by atoms with van der Waals surface area (Å²) >= 11 is 0. The van der Waals surface area contributed by atoms with Gasteiger partial charge in [-0.2, -0.15) is 0 Å². The summed E-state index contributed by atoms with van der Waals surface area (Å²) < 4.78 is 6.84. The minimum Gasteiger partial charge on any atom is -0.382 e. The van der Waals surface area contributed by atoms with Crippen LogP contribution in [0.15, 0.2) is 12.7 Å². The number of imidazole rings is 1. The standard InChI is InChI=1S/C10H12N6O3/c11-1-4-6(17)7(18)10(19-4)16-3-15-5-8(12)13-2-14-9(5)16/h2-4,6,10,17H,1,11H2,(H2,12,13,14). The number of nitrogen functional groups attached to an aromatic ring is 1. The molecule has 3 heterocycles. The van der Waals surface area contributed by atoms with Crippen LogP contribution in [-0.2, 0) is 9.53 Å². The molecule has 19 heavy (non-hydrogen) atoms. The second kappa shape index (κ2) is 4.23. The lowest BCUT2D eigenvalue weighted by atomic mass is 10.1. The molecule has 9 nitrogen and oxygen atoms in total. The third-order valence-corrected chi connectivity index (χ3v) is 3.06. The molecule has 1 aliphatic heterocycles. The van der Waals surface area contributed by atoms with Gasteiger partial charge in [0.1, 0.15) is 24.1 Å². The van der Waals surface area contributed by atoms with Crippen LogP contribution in [0.5, 0.6) is 0 Å². The van der Waals surface area contributed by atoms with Gasteiger partial charge >= 0.3 is 0 Å². The van der Waals surface area contributed by atoms with E-state index < -0.39 is 24.2 Å². The monoisotopic (exact) mass is 264 g/mol. The number of carbonyl (C=O) groups excluding carboxylic acids is 1. The first-order valence-electron chi connectivity index (χ1n) is 5.64. The van der Waals surface area contributed by atoms with E-state index in [0.29, 0.717) is 11.2 Å². The number of fused-ring (bicyclic) bond motifs is 1. The number of anilines is 1. The zero-order valence-electron chi connectivity index (χ0n) is 9.80. The number of nitrogens with two attached hydrogens (primary N) is 2. The molecule has 5 N–H and O–H groups in total. The maximum Gasteiger partial charge on any atom is 0.213 e. The second-order valence-electron chi connectivity index (χ2n) is 4.19. The first-order chi connectivity index (χ1) is 9.13. The molecule has 0 radical (unpaired) electrons. The molecule has 2 aromatic rings. The Bertz CT molecular complexity index is 641. The molecule has 3 rings (SSSR count). The summed E-state index contributed by atoms with van der Waals surface area (Å²) in [5.41, 5.74) is 11.8. The van der Waals surface area contributed by atoms with Crippen molar-refractivity contribution in [2.24, 2.45) is 5.73 Å². The first kappa shape index (κ1) is 12.0. The summed E-state index contributed by atoms with van der Waals surface area (Å²) in [6.45, 7) is 0.0488. The van der Waals surface area contributed by atoms with Gasteiger partial charge in [-0.15, -0.1) is 0 Å². The molecule has 1 saturated heterocycles. The number of carbonyl (C=O) groups is 1. The van der Waals surface area contributed by atoms with Gasteiger partial charge in [0, 0.05) is 6.54 Å². The molecule has 0 aromatic carbocycles. The van der Waals surface area contributed by atoms with E-state index in [0.717, 1.165) is 0 Å². The van der Waals surface area contributed by atoms with Crippen molar-refractivity contribution in [1.29, 1.82) is 0 Å². The quantitative estimate of drug-likeness (QED) is 0.576. The number of aromatic nitrogens is 4. The lowest BCUT2D eigenvalue weighted by Gasteiger charge is -2.12. The number of aliphatic hydroxyl groups is 1. The van der Waals surface area contributed by atoms with Gasteiger partial charge in [-0.25, -0.2) is 15.0 Å². The third-order valence-electron chi connectivity index (χ3n) is 3.06. The SMILES string of the molecule is NCC1OC(n2cnc3c(N)ncnc32)C(=O)C1O. The highest BCUT2D eigenvalue weighted by molar-refractivity contribution is 5.90. The highest BCUT2D eigenvalue weighted by atomic mass is 16.5. The molecule has 3 atom stereocenters. The fraction of sp³-hybridized carbons (Fsp3) is 0.400. The lowest BCUT2D eigenvalue weighted by molar-refractivity contribution is -0.130. The van der Waals surface area contributed by atoms with Crippen LogP contribution in [0.25, 0.3) is 11.2 Å². The van der Waals surface area contributed by atoms with Crippen molar-refractivity contribution in [1.82, 2.24) is 19.5 Å². The number of Topliss-reactive ketones (excluding diaryl/α,β-unsaturated/α-hetero) is 1. The molecule has 0 bridgehead atoms. The van der Waals surface area contributed by atoms with E-state index in [-0.39, 0.29) is 12.4 Å². The smallest absolute Gasteiger partial charge is 0.213 e. The van der Waals surface area contributed by atoms with Gasteiger partial charge in [-0.05, 0) is 0 Å². The number of hydrogen-bond donors (Lipinski definition) is 3. The topological polar surface area (TPSA) is 142 Å². The molecule has 0 spiro atoms. The van der Waals surface area contributed by atoms with Crippen LogP contribution in [-0.4, -0.2) is 49.2 Å². The van der Waals surface area contributed by atoms with Gasteiger partial charge in [0.05, 0.1) is 6.33 Å². The largest absolute Gasteiger partial charge is 0.382 e. The Morgan fingerprint density at radius 3 is 2.89 bits per heavy atom. The Hall–Kier alpha value is -2.10. The molecule has 3 unspecified atom stereocenters. The summed E-state index contributed by atoms with van der Waals surface area (Å²) in [7, 11) is 0. The molecular weight excluding hydrogens is 252 g/mol. The molecule has 2 aromatic heterocycles. The van der Waals surface area contributed by atoms with E-state index in [1.54, 1.807) is 0 Å². The fourth-order valence-corrected chi connectivity index (χ4v) is 2.07. The van der Waals surface area contributed by atoms with Gasteiger partial charge in [0.15, 0.2) is 17.7 Å².